The Balaban J connectivity index is 2.18. The summed E-state index contributed by atoms with van der Waals surface area (Å²) in [5, 5.41) is 20.8. The molecule has 0 atom stereocenters. The average Bonchev–Trinajstić information content (AvgIpc) is 3.13. The van der Waals surface area contributed by atoms with Crippen LogP contribution in [0.3, 0.4) is 0 Å². The number of phenolic OH excluding ortho intramolecular Hbond substituents is 1. The molecule has 3 rings (SSSR count). The first-order valence-corrected chi connectivity index (χ1v) is 9.65. The van der Waals surface area contributed by atoms with Crippen LogP contribution in [0.25, 0.3) is 10.9 Å². The predicted molar refractivity (Wildman–Crippen MR) is 101 cm³/mol. The van der Waals surface area contributed by atoms with Gasteiger partial charge in [-0.3, -0.25) is 14.2 Å². The maximum Gasteiger partial charge on any atom is 0.307 e. The molecule has 5 nitrogen and oxygen atoms in total. The summed E-state index contributed by atoms with van der Waals surface area (Å²) in [4.78, 5) is 24.2. The molecule has 2 N–H and O–H groups in total. The number of carboxylic acid groups (broad SMARTS) is 1. The normalized spacial score (nSPS) is 11.4. The van der Waals surface area contributed by atoms with Crippen molar-refractivity contribution in [1.29, 1.82) is 0 Å². The molecule has 10 heteroatoms. The van der Waals surface area contributed by atoms with Gasteiger partial charge in [-0.2, -0.15) is 8.78 Å². The molecule has 0 aliphatic heterocycles. The monoisotopic (exact) mass is 431 g/mol. The fourth-order valence-corrected chi connectivity index (χ4v) is 4.70. The van der Waals surface area contributed by atoms with Gasteiger partial charge >= 0.3 is 5.97 Å². The second-order valence-electron chi connectivity index (χ2n) is 5.60. The van der Waals surface area contributed by atoms with Crippen LogP contribution >= 0.6 is 34.7 Å². The van der Waals surface area contributed by atoms with Gasteiger partial charge in [-0.15, -0.1) is 11.3 Å². The van der Waals surface area contributed by atoms with Gasteiger partial charge in [-0.25, -0.2) is 0 Å². The van der Waals surface area contributed by atoms with Crippen molar-refractivity contribution in [2.45, 2.75) is 23.3 Å². The SMILES string of the molecule is Cc1c(CC(=O)O)c2c(Cl)c(O)ccc2n1C(=O)c1csc(SC(F)F)c1. The average molecular weight is 432 g/mol. The molecule has 0 amide bonds. The third kappa shape index (κ3) is 3.67. The number of carbonyl (C=O) groups excluding carboxylic acids is 1. The zero-order valence-corrected chi connectivity index (χ0v) is 16.1. The minimum Gasteiger partial charge on any atom is -0.506 e. The Hall–Kier alpha value is -2.10. The number of aromatic nitrogens is 1. The Morgan fingerprint density at radius 3 is 2.70 bits per heavy atom. The third-order valence-electron chi connectivity index (χ3n) is 3.97. The smallest absolute Gasteiger partial charge is 0.307 e. The molecule has 27 heavy (non-hydrogen) atoms. The van der Waals surface area contributed by atoms with Crippen molar-refractivity contribution in [3.8, 4) is 5.75 Å². The molecule has 0 bridgehead atoms. The second kappa shape index (κ2) is 7.49. The molecule has 2 aromatic heterocycles. The Morgan fingerprint density at radius 1 is 1.37 bits per heavy atom. The highest BCUT2D eigenvalue weighted by molar-refractivity contribution is 8.01. The number of hydrogen-bond acceptors (Lipinski definition) is 5. The van der Waals surface area contributed by atoms with Gasteiger partial charge in [0.15, 0.2) is 0 Å². The number of aliphatic carboxylic acids is 1. The quantitative estimate of drug-likeness (QED) is 0.556. The number of hydrogen-bond donors (Lipinski definition) is 2. The van der Waals surface area contributed by atoms with Gasteiger partial charge in [0.25, 0.3) is 11.7 Å². The number of halogens is 3. The summed E-state index contributed by atoms with van der Waals surface area (Å²) in [6, 6.07) is 4.14. The van der Waals surface area contributed by atoms with E-state index < -0.39 is 17.6 Å². The number of thioether (sulfide) groups is 1. The van der Waals surface area contributed by atoms with Crippen LogP contribution in [0.2, 0.25) is 5.02 Å². The van der Waals surface area contributed by atoms with Crippen LogP contribution in [-0.4, -0.2) is 32.4 Å². The maximum atomic E-state index is 13.0. The lowest BCUT2D eigenvalue weighted by molar-refractivity contribution is -0.136. The fourth-order valence-electron chi connectivity index (χ4n) is 2.86. The molecule has 0 saturated heterocycles. The van der Waals surface area contributed by atoms with Crippen LogP contribution in [0.15, 0.2) is 27.8 Å². The van der Waals surface area contributed by atoms with Crippen molar-refractivity contribution < 1.29 is 28.6 Å². The number of carboxylic acids is 1. The molecule has 2 heterocycles. The number of benzene rings is 1. The summed E-state index contributed by atoms with van der Waals surface area (Å²) in [5.41, 5.74) is 1.21. The minimum absolute atomic E-state index is 0.0438. The Kier molecular flexibility index (Phi) is 5.45. The molecule has 0 aliphatic carbocycles. The lowest BCUT2D eigenvalue weighted by Gasteiger charge is -2.06. The summed E-state index contributed by atoms with van der Waals surface area (Å²) in [7, 11) is 0. The van der Waals surface area contributed by atoms with Crippen molar-refractivity contribution in [2.24, 2.45) is 0 Å². The van der Waals surface area contributed by atoms with Crippen molar-refractivity contribution >= 4 is 57.5 Å². The number of fused-ring (bicyclic) bond motifs is 1. The zero-order valence-electron chi connectivity index (χ0n) is 13.7. The molecule has 0 fully saturated rings. The Labute approximate surface area is 165 Å². The lowest BCUT2D eigenvalue weighted by atomic mass is 10.1. The molecule has 1 aromatic carbocycles. The highest BCUT2D eigenvalue weighted by Crippen LogP contribution is 2.38. The van der Waals surface area contributed by atoms with Gasteiger partial charge in [0.2, 0.25) is 0 Å². The second-order valence-corrected chi connectivity index (χ2v) is 8.18. The summed E-state index contributed by atoms with van der Waals surface area (Å²) >= 11 is 7.53. The van der Waals surface area contributed by atoms with E-state index in [2.05, 4.69) is 0 Å². The maximum absolute atomic E-state index is 13.0. The molecule has 0 spiro atoms. The van der Waals surface area contributed by atoms with E-state index in [-0.39, 0.29) is 28.1 Å². The number of rotatable bonds is 5. The summed E-state index contributed by atoms with van der Waals surface area (Å²) < 4.78 is 26.6. The predicted octanol–water partition coefficient (Wildman–Crippen LogP) is 5.00. The van der Waals surface area contributed by atoms with Crippen molar-refractivity contribution in [2.75, 3.05) is 0 Å². The van der Waals surface area contributed by atoms with Gasteiger partial charge in [0.05, 0.1) is 26.7 Å². The minimum atomic E-state index is -2.59. The summed E-state index contributed by atoms with van der Waals surface area (Å²) in [6.07, 6.45) is -0.387. The first-order chi connectivity index (χ1) is 12.7. The van der Waals surface area contributed by atoms with E-state index in [0.717, 1.165) is 11.3 Å². The number of nitrogens with zero attached hydrogens (tertiary/aromatic N) is 1. The highest BCUT2D eigenvalue weighted by atomic mass is 35.5. The van der Waals surface area contributed by atoms with E-state index in [1.54, 1.807) is 6.92 Å². The van der Waals surface area contributed by atoms with Gasteiger partial charge < -0.3 is 10.2 Å². The number of thiophene rings is 1. The molecule has 0 unspecified atom stereocenters. The molecule has 3 aromatic rings. The largest absolute Gasteiger partial charge is 0.506 e. The van der Waals surface area contributed by atoms with Crippen LogP contribution in [0, 0.1) is 6.92 Å². The van der Waals surface area contributed by atoms with Gasteiger partial charge in [0, 0.05) is 16.5 Å². The van der Waals surface area contributed by atoms with E-state index in [9.17, 15) is 28.6 Å². The zero-order chi connectivity index (χ0) is 19.9. The van der Waals surface area contributed by atoms with Crippen LogP contribution in [-0.2, 0) is 11.2 Å². The molecular formula is C17H12ClF2NO4S2. The van der Waals surface area contributed by atoms with Crippen LogP contribution in [0.4, 0.5) is 8.78 Å². The first kappa shape index (κ1) is 19.7. The third-order valence-corrected chi connectivity index (χ3v) is 6.18. The Bertz CT molecular complexity index is 1060. The van der Waals surface area contributed by atoms with Gasteiger partial charge in [-0.05, 0) is 42.4 Å². The van der Waals surface area contributed by atoms with Crippen molar-refractivity contribution in [1.82, 2.24) is 4.57 Å². The van der Waals surface area contributed by atoms with Crippen molar-refractivity contribution in [3.05, 3.63) is 45.4 Å². The Morgan fingerprint density at radius 2 is 2.07 bits per heavy atom. The van der Waals surface area contributed by atoms with Crippen LogP contribution in [0.5, 0.6) is 5.75 Å². The lowest BCUT2D eigenvalue weighted by Crippen LogP contribution is -2.13. The molecule has 0 aliphatic rings. The molecule has 142 valence electrons. The standard InChI is InChI=1S/C17H12ClF2NO4S2/c1-7-9(5-12(23)24)14-10(2-3-11(22)15(14)18)21(7)16(25)8-4-13(26-6-8)27-17(19)20/h2-4,6,17,22H,5H2,1H3,(H,23,24). The van der Waals surface area contributed by atoms with E-state index in [0.29, 0.717) is 32.7 Å². The highest BCUT2D eigenvalue weighted by Gasteiger charge is 2.25. The van der Waals surface area contributed by atoms with E-state index in [1.165, 1.54) is 28.1 Å². The van der Waals surface area contributed by atoms with Gasteiger partial charge in [0.1, 0.15) is 5.75 Å². The van der Waals surface area contributed by atoms with Crippen LogP contribution in [0.1, 0.15) is 21.6 Å². The number of alkyl halides is 2. The van der Waals surface area contributed by atoms with Gasteiger partial charge in [-0.1, -0.05) is 11.6 Å². The molecule has 0 saturated carbocycles. The summed E-state index contributed by atoms with van der Waals surface area (Å²) in [5.74, 6) is -4.43. The fraction of sp³-hybridized carbons (Fsp3) is 0.176. The number of carbonyl (C=O) groups is 2. The first-order valence-electron chi connectivity index (χ1n) is 7.52. The van der Waals surface area contributed by atoms with Crippen LogP contribution < -0.4 is 0 Å². The summed E-state index contributed by atoms with van der Waals surface area (Å²) in [6.45, 7) is 1.57. The van der Waals surface area contributed by atoms with E-state index >= 15 is 0 Å². The number of phenols is 1. The van der Waals surface area contributed by atoms with E-state index in [4.69, 9.17) is 11.6 Å². The number of aromatic hydroxyl groups is 1. The van der Waals surface area contributed by atoms with Crippen molar-refractivity contribution in [3.63, 3.8) is 0 Å². The molecular weight excluding hydrogens is 420 g/mol. The van der Waals surface area contributed by atoms with E-state index in [1.807, 2.05) is 0 Å². The topological polar surface area (TPSA) is 79.5 Å². The molecule has 0 radical (unpaired) electrons.